The molecule has 8 heteroatoms. The molecule has 0 aliphatic heterocycles. The molecular formula is C16H15F2N3O3. The van der Waals surface area contributed by atoms with Crippen molar-refractivity contribution in [3.05, 3.63) is 64.2 Å². The molecule has 0 saturated carbocycles. The number of allylic oxidation sites excluding steroid dienone is 1. The number of benzene rings is 1. The Bertz CT molecular complexity index is 814. The zero-order chi connectivity index (χ0) is 17.7. The number of hydrogen-bond acceptors (Lipinski definition) is 5. The minimum Gasteiger partial charge on any atom is -0.435 e. The van der Waals surface area contributed by atoms with Gasteiger partial charge in [-0.25, -0.2) is 4.68 Å². The van der Waals surface area contributed by atoms with Crippen LogP contribution in [0.1, 0.15) is 17.4 Å². The predicted octanol–water partition coefficient (Wildman–Crippen LogP) is 2.14. The van der Waals surface area contributed by atoms with E-state index in [1.807, 2.05) is 0 Å². The lowest BCUT2D eigenvalue weighted by molar-refractivity contribution is -0.0498. The minimum absolute atomic E-state index is 0.00103. The maximum absolute atomic E-state index is 12.2. The molecule has 1 aromatic carbocycles. The number of carbonyl (C=O) groups excluding carboxylic acids is 1. The highest BCUT2D eigenvalue weighted by Crippen LogP contribution is 2.16. The van der Waals surface area contributed by atoms with Crippen LogP contribution in [0, 0.1) is 0 Å². The average molecular weight is 335 g/mol. The van der Waals surface area contributed by atoms with E-state index in [1.54, 1.807) is 14.0 Å². The van der Waals surface area contributed by atoms with Gasteiger partial charge in [-0.1, -0.05) is 0 Å². The Balaban J connectivity index is 2.36. The molecule has 24 heavy (non-hydrogen) atoms. The number of hydrogen-bond donors (Lipinski definition) is 1. The number of carbonyl (C=O) groups is 1. The first-order chi connectivity index (χ1) is 11.4. The molecule has 0 unspecified atom stereocenters. The third kappa shape index (κ3) is 4.03. The van der Waals surface area contributed by atoms with Crippen LogP contribution in [0.25, 0.3) is 5.69 Å². The van der Waals surface area contributed by atoms with Crippen LogP contribution in [0.4, 0.5) is 8.78 Å². The van der Waals surface area contributed by atoms with Gasteiger partial charge in [0, 0.05) is 31.1 Å². The van der Waals surface area contributed by atoms with Crippen LogP contribution < -0.4 is 15.5 Å². The third-order valence-electron chi connectivity index (χ3n) is 3.07. The summed E-state index contributed by atoms with van der Waals surface area (Å²) < 4.78 is 29.9. The summed E-state index contributed by atoms with van der Waals surface area (Å²) in [5, 5.41) is 6.74. The van der Waals surface area contributed by atoms with Crippen molar-refractivity contribution in [3.63, 3.8) is 0 Å². The lowest BCUT2D eigenvalue weighted by atomic mass is 10.1. The molecule has 2 rings (SSSR count). The van der Waals surface area contributed by atoms with E-state index in [1.165, 1.54) is 47.4 Å². The second kappa shape index (κ2) is 7.49. The SMILES string of the molecule is CN/C=C(\C)C(=O)c1nn(-c2ccc(OC(F)F)cc2)ccc1=O. The third-order valence-corrected chi connectivity index (χ3v) is 3.07. The van der Waals surface area contributed by atoms with E-state index in [4.69, 9.17) is 0 Å². The molecule has 0 aliphatic rings. The normalized spacial score (nSPS) is 11.5. The Hall–Kier alpha value is -3.03. The molecule has 0 saturated heterocycles. The van der Waals surface area contributed by atoms with Gasteiger partial charge < -0.3 is 10.1 Å². The van der Waals surface area contributed by atoms with Crippen LogP contribution in [0.3, 0.4) is 0 Å². The van der Waals surface area contributed by atoms with Crippen molar-refractivity contribution in [2.24, 2.45) is 0 Å². The zero-order valence-corrected chi connectivity index (χ0v) is 13.0. The van der Waals surface area contributed by atoms with Crippen molar-refractivity contribution < 1.29 is 18.3 Å². The molecule has 6 nitrogen and oxygen atoms in total. The Morgan fingerprint density at radius 3 is 2.54 bits per heavy atom. The largest absolute Gasteiger partial charge is 0.435 e. The number of ketones is 1. The summed E-state index contributed by atoms with van der Waals surface area (Å²) in [6.07, 6.45) is 2.86. The van der Waals surface area contributed by atoms with Gasteiger partial charge in [-0.05, 0) is 31.2 Å². The van der Waals surface area contributed by atoms with Gasteiger partial charge in [-0.2, -0.15) is 13.9 Å². The van der Waals surface area contributed by atoms with Crippen molar-refractivity contribution >= 4 is 5.78 Å². The number of rotatable bonds is 6. The molecule has 1 aromatic heterocycles. The van der Waals surface area contributed by atoms with Gasteiger partial charge in [-0.3, -0.25) is 9.59 Å². The molecule has 0 atom stereocenters. The summed E-state index contributed by atoms with van der Waals surface area (Å²) in [5.41, 5.74) is 0.0913. The molecule has 2 aromatic rings. The van der Waals surface area contributed by atoms with Crippen molar-refractivity contribution in [2.75, 3.05) is 7.05 Å². The van der Waals surface area contributed by atoms with Crippen LogP contribution in [0.2, 0.25) is 0 Å². The Morgan fingerprint density at radius 1 is 1.29 bits per heavy atom. The fourth-order valence-corrected chi connectivity index (χ4v) is 1.96. The molecule has 0 bridgehead atoms. The standard InChI is InChI=1S/C16H15F2N3O3/c1-10(9-19-2)15(23)14-13(22)7-8-21(20-14)11-3-5-12(6-4-11)24-16(17)18/h3-9,16,19H,1-2H3/b10-9+. The summed E-state index contributed by atoms with van der Waals surface area (Å²) in [4.78, 5) is 24.1. The Morgan fingerprint density at radius 2 is 1.96 bits per heavy atom. The number of alkyl halides is 2. The first kappa shape index (κ1) is 17.3. The molecule has 0 radical (unpaired) electrons. The summed E-state index contributed by atoms with van der Waals surface area (Å²) in [7, 11) is 1.64. The smallest absolute Gasteiger partial charge is 0.387 e. The molecule has 0 spiro atoms. The Labute approximate surface area is 136 Å². The topological polar surface area (TPSA) is 73.2 Å². The maximum atomic E-state index is 12.2. The second-order valence-electron chi connectivity index (χ2n) is 4.79. The molecule has 0 amide bonds. The second-order valence-corrected chi connectivity index (χ2v) is 4.79. The van der Waals surface area contributed by atoms with Gasteiger partial charge in [0.25, 0.3) is 0 Å². The molecule has 126 valence electrons. The number of nitrogens with zero attached hydrogens (tertiary/aromatic N) is 2. The molecule has 0 aliphatic carbocycles. The van der Waals surface area contributed by atoms with Crippen molar-refractivity contribution in [1.29, 1.82) is 0 Å². The monoisotopic (exact) mass is 335 g/mol. The van der Waals surface area contributed by atoms with Gasteiger partial charge in [0.15, 0.2) is 5.69 Å². The van der Waals surface area contributed by atoms with E-state index in [0.717, 1.165) is 0 Å². The zero-order valence-electron chi connectivity index (χ0n) is 13.0. The number of nitrogens with one attached hydrogen (secondary N) is 1. The number of halogens is 2. The van der Waals surface area contributed by atoms with E-state index < -0.39 is 17.8 Å². The van der Waals surface area contributed by atoms with E-state index in [0.29, 0.717) is 11.3 Å². The summed E-state index contributed by atoms with van der Waals surface area (Å²) in [6, 6.07) is 6.87. The fraction of sp³-hybridized carbons (Fsp3) is 0.188. The van der Waals surface area contributed by atoms with Crippen molar-refractivity contribution in [3.8, 4) is 11.4 Å². The van der Waals surface area contributed by atoms with Crippen LogP contribution in [0.15, 0.2) is 53.1 Å². The minimum atomic E-state index is -2.91. The first-order valence-electron chi connectivity index (χ1n) is 6.96. The number of Topliss-reactive ketones (excluding diaryl/α,β-unsaturated/α-hetero) is 1. The van der Waals surface area contributed by atoms with Crippen LogP contribution in [0.5, 0.6) is 5.75 Å². The molecule has 1 N–H and O–H groups in total. The van der Waals surface area contributed by atoms with Gasteiger partial charge in [0.2, 0.25) is 11.2 Å². The van der Waals surface area contributed by atoms with Crippen LogP contribution in [-0.2, 0) is 0 Å². The summed E-state index contributed by atoms with van der Waals surface area (Å²) in [5.74, 6) is -0.500. The Kier molecular flexibility index (Phi) is 5.41. The highest BCUT2D eigenvalue weighted by Gasteiger charge is 2.15. The summed E-state index contributed by atoms with van der Waals surface area (Å²) in [6.45, 7) is -1.35. The highest BCUT2D eigenvalue weighted by atomic mass is 19.3. The number of ether oxygens (including phenoxy) is 1. The van der Waals surface area contributed by atoms with Gasteiger partial charge in [-0.15, -0.1) is 0 Å². The fourth-order valence-electron chi connectivity index (χ4n) is 1.96. The average Bonchev–Trinajstić information content (AvgIpc) is 2.55. The lowest BCUT2D eigenvalue weighted by Gasteiger charge is -2.09. The first-order valence-corrected chi connectivity index (χ1v) is 6.96. The van der Waals surface area contributed by atoms with Crippen molar-refractivity contribution in [2.45, 2.75) is 13.5 Å². The van der Waals surface area contributed by atoms with Gasteiger partial charge >= 0.3 is 6.61 Å². The molecule has 1 heterocycles. The van der Waals surface area contributed by atoms with E-state index >= 15 is 0 Å². The quantitative estimate of drug-likeness (QED) is 0.647. The van der Waals surface area contributed by atoms with E-state index in [9.17, 15) is 18.4 Å². The van der Waals surface area contributed by atoms with Crippen molar-refractivity contribution in [1.82, 2.24) is 15.1 Å². The van der Waals surface area contributed by atoms with Crippen LogP contribution in [-0.4, -0.2) is 29.2 Å². The highest BCUT2D eigenvalue weighted by molar-refractivity contribution is 6.06. The summed E-state index contributed by atoms with van der Waals surface area (Å²) >= 11 is 0. The van der Waals surface area contributed by atoms with Gasteiger partial charge in [0.05, 0.1) is 5.69 Å². The molecular weight excluding hydrogens is 320 g/mol. The van der Waals surface area contributed by atoms with E-state index in [2.05, 4.69) is 15.2 Å². The number of aromatic nitrogens is 2. The predicted molar refractivity (Wildman–Crippen MR) is 83.6 cm³/mol. The van der Waals surface area contributed by atoms with Gasteiger partial charge in [0.1, 0.15) is 5.75 Å². The van der Waals surface area contributed by atoms with E-state index in [-0.39, 0.29) is 11.4 Å². The molecule has 0 fully saturated rings. The lowest BCUT2D eigenvalue weighted by Crippen LogP contribution is -2.21. The maximum Gasteiger partial charge on any atom is 0.387 e. The van der Waals surface area contributed by atoms with Crippen LogP contribution >= 0.6 is 0 Å².